The van der Waals surface area contributed by atoms with Crippen LogP contribution in [0.5, 0.6) is 5.75 Å². The van der Waals surface area contributed by atoms with Crippen LogP contribution < -0.4 is 15.0 Å². The van der Waals surface area contributed by atoms with Gasteiger partial charge in [0.05, 0.1) is 12.8 Å². The zero-order valence-corrected chi connectivity index (χ0v) is 15.0. The normalized spacial score (nSPS) is 15.0. The Morgan fingerprint density at radius 2 is 1.93 bits per heavy atom. The fourth-order valence-electron chi connectivity index (χ4n) is 2.41. The highest BCUT2D eigenvalue weighted by Crippen LogP contribution is 2.25. The molecule has 8 heteroatoms. The number of methoxy groups -OCH3 is 1. The van der Waals surface area contributed by atoms with E-state index in [-0.39, 0.29) is 12.3 Å². The van der Waals surface area contributed by atoms with E-state index in [2.05, 4.69) is 10.1 Å². The number of benzene rings is 2. The predicted molar refractivity (Wildman–Crippen MR) is 99.4 cm³/mol. The lowest BCUT2D eigenvalue weighted by molar-refractivity contribution is -0.142. The maximum atomic E-state index is 12.6. The van der Waals surface area contributed by atoms with Crippen molar-refractivity contribution in [2.24, 2.45) is 0 Å². The van der Waals surface area contributed by atoms with Gasteiger partial charge in [0.25, 0.3) is 5.91 Å². The van der Waals surface area contributed by atoms with Crippen molar-refractivity contribution < 1.29 is 23.9 Å². The van der Waals surface area contributed by atoms with Crippen molar-refractivity contribution in [3.63, 3.8) is 0 Å². The van der Waals surface area contributed by atoms with E-state index >= 15 is 0 Å². The van der Waals surface area contributed by atoms with Crippen molar-refractivity contribution in [2.45, 2.75) is 0 Å². The summed E-state index contributed by atoms with van der Waals surface area (Å²) in [6.45, 7) is -0.194. The molecule has 0 bridgehead atoms. The lowest BCUT2D eigenvalue weighted by Gasteiger charge is -2.11. The molecule has 0 aromatic heterocycles. The molecule has 0 radical (unpaired) electrons. The van der Waals surface area contributed by atoms with E-state index in [9.17, 15) is 14.4 Å². The van der Waals surface area contributed by atoms with Crippen LogP contribution in [0, 0.1) is 0 Å². The SMILES string of the molecule is COC(=O)COc1ccc(C=C2NC(=O)N(c3cccc(Cl)c3)C2=O)cc1. The number of nitrogens with zero attached hydrogens (tertiary/aromatic N) is 1. The molecule has 0 spiro atoms. The molecule has 0 atom stereocenters. The minimum atomic E-state index is -0.549. The van der Waals surface area contributed by atoms with Crippen LogP contribution >= 0.6 is 11.6 Å². The quantitative estimate of drug-likeness (QED) is 0.485. The molecule has 0 saturated carbocycles. The first-order valence-corrected chi connectivity index (χ1v) is 8.28. The number of hydrogen-bond acceptors (Lipinski definition) is 5. The first-order valence-electron chi connectivity index (χ1n) is 7.90. The van der Waals surface area contributed by atoms with E-state index in [0.29, 0.717) is 22.0 Å². The molecule has 27 heavy (non-hydrogen) atoms. The van der Waals surface area contributed by atoms with Gasteiger partial charge in [-0.3, -0.25) is 4.79 Å². The smallest absolute Gasteiger partial charge is 0.343 e. The summed E-state index contributed by atoms with van der Waals surface area (Å²) in [5.74, 6) is -0.486. The van der Waals surface area contributed by atoms with E-state index in [1.165, 1.54) is 13.2 Å². The number of nitrogens with one attached hydrogen (secondary N) is 1. The molecule has 7 nitrogen and oxygen atoms in total. The molecule has 138 valence electrons. The minimum Gasteiger partial charge on any atom is -0.482 e. The molecule has 3 rings (SSSR count). The molecule has 2 aromatic carbocycles. The topological polar surface area (TPSA) is 84.9 Å². The largest absolute Gasteiger partial charge is 0.482 e. The Morgan fingerprint density at radius 1 is 1.19 bits per heavy atom. The van der Waals surface area contributed by atoms with E-state index < -0.39 is 17.9 Å². The van der Waals surface area contributed by atoms with Gasteiger partial charge in [0, 0.05) is 5.02 Å². The summed E-state index contributed by atoms with van der Waals surface area (Å²) < 4.78 is 9.75. The van der Waals surface area contributed by atoms with Crippen molar-refractivity contribution >= 4 is 41.3 Å². The number of urea groups is 1. The summed E-state index contributed by atoms with van der Waals surface area (Å²) >= 11 is 5.93. The first kappa shape index (κ1) is 18.5. The summed E-state index contributed by atoms with van der Waals surface area (Å²) in [7, 11) is 1.28. The van der Waals surface area contributed by atoms with Gasteiger partial charge in [0.1, 0.15) is 11.4 Å². The molecule has 1 N–H and O–H groups in total. The number of esters is 1. The summed E-state index contributed by atoms with van der Waals surface area (Å²) in [6, 6.07) is 12.6. The molecule has 1 aliphatic rings. The molecule has 1 aliphatic heterocycles. The van der Waals surface area contributed by atoms with Crippen LogP contribution in [0.3, 0.4) is 0 Å². The monoisotopic (exact) mass is 386 g/mol. The molecular weight excluding hydrogens is 372 g/mol. The second-order valence-electron chi connectivity index (χ2n) is 5.54. The third-order valence-corrected chi connectivity index (χ3v) is 3.96. The van der Waals surface area contributed by atoms with Gasteiger partial charge in [0.15, 0.2) is 6.61 Å². The number of rotatable bonds is 5. The van der Waals surface area contributed by atoms with Crippen molar-refractivity contribution in [1.29, 1.82) is 0 Å². The maximum absolute atomic E-state index is 12.6. The van der Waals surface area contributed by atoms with Crippen LogP contribution in [0.15, 0.2) is 54.2 Å². The minimum absolute atomic E-state index is 0.142. The zero-order chi connectivity index (χ0) is 19.4. The molecular formula is C19H15ClN2O5. The molecule has 1 heterocycles. The fourth-order valence-corrected chi connectivity index (χ4v) is 2.60. The highest BCUT2D eigenvalue weighted by atomic mass is 35.5. The zero-order valence-electron chi connectivity index (χ0n) is 14.3. The van der Waals surface area contributed by atoms with Gasteiger partial charge in [-0.15, -0.1) is 0 Å². The summed E-state index contributed by atoms with van der Waals surface area (Å²) in [5.41, 5.74) is 1.21. The van der Waals surface area contributed by atoms with Crippen LogP contribution in [-0.4, -0.2) is 31.6 Å². The number of halogens is 1. The van der Waals surface area contributed by atoms with Gasteiger partial charge in [-0.05, 0) is 42.0 Å². The summed E-state index contributed by atoms with van der Waals surface area (Å²) in [4.78, 5) is 36.8. The van der Waals surface area contributed by atoms with Crippen LogP contribution in [0.25, 0.3) is 6.08 Å². The van der Waals surface area contributed by atoms with E-state index in [0.717, 1.165) is 4.90 Å². The first-order chi connectivity index (χ1) is 13.0. The molecule has 1 saturated heterocycles. The number of ether oxygens (including phenoxy) is 2. The fraction of sp³-hybridized carbons (Fsp3) is 0.105. The number of carbonyl (C=O) groups excluding carboxylic acids is 3. The third kappa shape index (κ3) is 4.27. The number of hydrogen-bond donors (Lipinski definition) is 1. The summed E-state index contributed by atoms with van der Waals surface area (Å²) in [6.07, 6.45) is 1.55. The van der Waals surface area contributed by atoms with Gasteiger partial charge < -0.3 is 14.8 Å². The standard InChI is InChI=1S/C19H15ClN2O5/c1-26-17(23)11-27-15-7-5-12(6-8-15)9-16-18(24)22(19(25)21-16)14-4-2-3-13(20)10-14/h2-10H,11H2,1H3,(H,21,25). The van der Waals surface area contributed by atoms with Crippen molar-refractivity contribution in [3.05, 3.63) is 64.8 Å². The van der Waals surface area contributed by atoms with Crippen LogP contribution in [0.1, 0.15) is 5.56 Å². The number of carbonyl (C=O) groups is 3. The summed E-state index contributed by atoms with van der Waals surface area (Å²) in [5, 5.41) is 2.97. The predicted octanol–water partition coefficient (Wildman–Crippen LogP) is 2.99. The van der Waals surface area contributed by atoms with Crippen LogP contribution in [0.4, 0.5) is 10.5 Å². The van der Waals surface area contributed by atoms with E-state index in [1.807, 2.05) is 0 Å². The molecule has 3 amide bonds. The molecule has 1 fully saturated rings. The van der Waals surface area contributed by atoms with Crippen molar-refractivity contribution in [3.8, 4) is 5.75 Å². The lowest BCUT2D eigenvalue weighted by atomic mass is 10.2. The Morgan fingerprint density at radius 3 is 2.59 bits per heavy atom. The highest BCUT2D eigenvalue weighted by Gasteiger charge is 2.34. The Bertz CT molecular complexity index is 924. The second kappa shape index (κ2) is 7.92. The highest BCUT2D eigenvalue weighted by molar-refractivity contribution is 6.32. The third-order valence-electron chi connectivity index (χ3n) is 3.72. The second-order valence-corrected chi connectivity index (χ2v) is 5.98. The Kier molecular flexibility index (Phi) is 5.42. The van der Waals surface area contributed by atoms with Gasteiger partial charge in [-0.2, -0.15) is 0 Å². The van der Waals surface area contributed by atoms with Crippen molar-refractivity contribution in [1.82, 2.24) is 5.32 Å². The van der Waals surface area contributed by atoms with Crippen LogP contribution in [0.2, 0.25) is 5.02 Å². The average Bonchev–Trinajstić information content (AvgIpc) is 2.94. The average molecular weight is 387 g/mol. The van der Waals surface area contributed by atoms with Gasteiger partial charge in [-0.25, -0.2) is 14.5 Å². The number of amides is 3. The molecule has 2 aromatic rings. The van der Waals surface area contributed by atoms with E-state index in [4.69, 9.17) is 16.3 Å². The molecule has 0 aliphatic carbocycles. The van der Waals surface area contributed by atoms with Gasteiger partial charge >= 0.3 is 12.0 Å². The van der Waals surface area contributed by atoms with Gasteiger partial charge in [0.2, 0.25) is 0 Å². The molecule has 0 unspecified atom stereocenters. The Hall–Kier alpha value is -3.32. The van der Waals surface area contributed by atoms with Crippen LogP contribution in [-0.2, 0) is 14.3 Å². The Labute approximate surface area is 160 Å². The number of imide groups is 1. The number of anilines is 1. The lowest BCUT2D eigenvalue weighted by Crippen LogP contribution is -2.30. The van der Waals surface area contributed by atoms with Crippen molar-refractivity contribution in [2.75, 3.05) is 18.6 Å². The maximum Gasteiger partial charge on any atom is 0.343 e. The van der Waals surface area contributed by atoms with E-state index in [1.54, 1.807) is 48.5 Å². The van der Waals surface area contributed by atoms with Gasteiger partial charge in [-0.1, -0.05) is 29.8 Å². The Balaban J connectivity index is 1.75.